The van der Waals surface area contributed by atoms with Gasteiger partial charge in [-0.05, 0) is 177 Å². The molecular formula is C82H78N8O4S2. The number of nitrogens with one attached hydrogen (secondary N) is 2. The summed E-state index contributed by atoms with van der Waals surface area (Å²) in [4.78, 5) is 19.4. The van der Waals surface area contributed by atoms with Crippen molar-refractivity contribution in [3.63, 3.8) is 0 Å². The summed E-state index contributed by atoms with van der Waals surface area (Å²) < 4.78 is 22.0. The van der Waals surface area contributed by atoms with Crippen molar-refractivity contribution in [2.75, 3.05) is 75.5 Å². The average Bonchev–Trinajstić information content (AvgIpc) is 1.59. The molecule has 0 spiro atoms. The molecule has 96 heavy (non-hydrogen) atoms. The first kappa shape index (κ1) is 64.8. The molecule has 0 saturated heterocycles. The number of fused-ring (bicyclic) bond motifs is 8. The van der Waals surface area contributed by atoms with E-state index in [1.807, 2.05) is 24.3 Å². The van der Waals surface area contributed by atoms with Crippen molar-refractivity contribution >= 4 is 92.6 Å². The Labute approximate surface area is 569 Å². The summed E-state index contributed by atoms with van der Waals surface area (Å²) in [5, 5.41) is 0. The Hall–Kier alpha value is -9.90. The van der Waals surface area contributed by atoms with E-state index >= 15 is 0 Å². The van der Waals surface area contributed by atoms with E-state index in [0.29, 0.717) is 83.8 Å². The first-order chi connectivity index (χ1) is 47.0. The van der Waals surface area contributed by atoms with Gasteiger partial charge in [0.2, 0.25) is 0 Å². The highest BCUT2D eigenvalue weighted by atomic mass is 32.2. The Balaban J connectivity index is 1.08. The van der Waals surface area contributed by atoms with Gasteiger partial charge in [0.25, 0.3) is 0 Å². The zero-order chi connectivity index (χ0) is 66.1. The minimum atomic E-state index is 0.551. The molecule has 0 atom stereocenters. The number of aromatic amines is 2. The lowest BCUT2D eigenvalue weighted by Crippen LogP contribution is -2.01. The molecule has 14 heteroatoms. The van der Waals surface area contributed by atoms with Crippen molar-refractivity contribution in [3.05, 3.63) is 239 Å². The number of rotatable bonds is 24. The third-order valence-electron chi connectivity index (χ3n) is 17.6. The molecule has 8 bridgehead atoms. The van der Waals surface area contributed by atoms with Crippen molar-refractivity contribution in [1.82, 2.24) is 19.9 Å². The fraction of sp³-hybridized carbons (Fsp3) is 0.171. The number of aromatic nitrogens is 4. The molecule has 13 rings (SSSR count). The summed E-state index contributed by atoms with van der Waals surface area (Å²) in [6.45, 7) is 6.57. The summed E-state index contributed by atoms with van der Waals surface area (Å²) in [5.41, 5.74) is 57.1. The topological polar surface area (TPSA) is 198 Å². The number of nitrogen functional groups attached to an aromatic ring is 4. The second kappa shape index (κ2) is 29.8. The smallest absolute Gasteiger partial charge is 0.0925 e. The van der Waals surface area contributed by atoms with Crippen molar-refractivity contribution < 1.29 is 18.9 Å². The van der Waals surface area contributed by atoms with Crippen LogP contribution in [0.25, 0.3) is 135 Å². The highest BCUT2D eigenvalue weighted by molar-refractivity contribution is 7.98. The molecule has 2 aliphatic heterocycles. The second-order valence-corrected chi connectivity index (χ2v) is 25.8. The maximum Gasteiger partial charge on any atom is 0.0925 e. The number of nitrogens with zero attached hydrogens (tertiary/aromatic N) is 2. The third kappa shape index (κ3) is 14.2. The number of benzene rings is 8. The molecule has 0 fully saturated rings. The molecule has 0 amide bonds. The average molecular weight is 1300 g/mol. The van der Waals surface area contributed by atoms with Gasteiger partial charge in [-0.3, -0.25) is 0 Å². The number of anilines is 4. The number of H-pyrrole nitrogens is 2. The van der Waals surface area contributed by atoms with Crippen LogP contribution in [0.2, 0.25) is 0 Å². The largest absolute Gasteiger partial charge is 0.398 e. The minimum Gasteiger partial charge on any atom is -0.398 e. The van der Waals surface area contributed by atoms with E-state index in [0.717, 1.165) is 135 Å². The fourth-order valence-corrected chi connectivity index (χ4v) is 14.1. The van der Waals surface area contributed by atoms with Crippen LogP contribution in [0.15, 0.2) is 194 Å². The van der Waals surface area contributed by atoms with E-state index in [4.69, 9.17) is 51.9 Å². The summed E-state index contributed by atoms with van der Waals surface area (Å²) in [6, 6.07) is 68.3. The highest BCUT2D eigenvalue weighted by Gasteiger charge is 2.24. The van der Waals surface area contributed by atoms with Gasteiger partial charge in [0.15, 0.2) is 0 Å². The molecule has 0 aliphatic carbocycles. The van der Waals surface area contributed by atoms with E-state index in [-0.39, 0.29) is 0 Å². The van der Waals surface area contributed by atoms with Crippen LogP contribution in [-0.2, 0) is 43.3 Å². The fourth-order valence-electron chi connectivity index (χ4n) is 12.6. The molecule has 0 unspecified atom stereocenters. The van der Waals surface area contributed by atoms with Crippen LogP contribution in [0, 0.1) is 0 Å². The minimum absolute atomic E-state index is 0.551. The molecule has 0 radical (unpaired) electrons. The maximum absolute atomic E-state index is 7.30. The first-order valence-corrected chi connectivity index (χ1v) is 34.8. The van der Waals surface area contributed by atoms with E-state index in [1.54, 1.807) is 37.7 Å². The first-order valence-electron chi connectivity index (χ1n) is 32.5. The van der Waals surface area contributed by atoms with E-state index in [9.17, 15) is 0 Å². The number of nitrogens with two attached hydrogens (primary N) is 4. The molecule has 10 N–H and O–H groups in total. The molecule has 482 valence electrons. The number of methoxy groups -OCH3 is 2. The molecule has 5 heterocycles. The zero-order valence-corrected chi connectivity index (χ0v) is 56.1. The van der Waals surface area contributed by atoms with E-state index in [1.165, 1.54) is 22.3 Å². The van der Waals surface area contributed by atoms with Gasteiger partial charge < -0.3 is 51.9 Å². The lowest BCUT2D eigenvalue weighted by atomic mass is 9.95. The van der Waals surface area contributed by atoms with E-state index < -0.39 is 0 Å². The molecule has 0 saturated carbocycles. The Morgan fingerprint density at radius 3 is 0.906 bits per heavy atom. The molecule has 2 aliphatic rings. The van der Waals surface area contributed by atoms with Gasteiger partial charge in [0, 0.05) is 115 Å². The van der Waals surface area contributed by atoms with Crippen LogP contribution in [0.1, 0.15) is 58.9 Å². The molecule has 3 aromatic heterocycles. The molecular weight excluding hydrogens is 1230 g/mol. The van der Waals surface area contributed by atoms with Crippen molar-refractivity contribution in [2.45, 2.75) is 38.2 Å². The van der Waals surface area contributed by atoms with Crippen LogP contribution in [0.5, 0.6) is 0 Å². The molecule has 11 aromatic rings. The van der Waals surface area contributed by atoms with Gasteiger partial charge in [0.05, 0.1) is 61.1 Å². The van der Waals surface area contributed by atoms with Gasteiger partial charge >= 0.3 is 0 Å². The normalized spacial score (nSPS) is 11.9. The summed E-state index contributed by atoms with van der Waals surface area (Å²) in [5.74, 6) is 2.70. The van der Waals surface area contributed by atoms with Gasteiger partial charge in [-0.2, -0.15) is 0 Å². The number of hydrogen-bond donors (Lipinski definition) is 6. The van der Waals surface area contributed by atoms with Crippen LogP contribution in [0.4, 0.5) is 22.7 Å². The number of aryl methyl sites for hydroxylation is 2. The van der Waals surface area contributed by atoms with Gasteiger partial charge in [-0.15, -0.1) is 23.5 Å². The lowest BCUT2D eigenvalue weighted by molar-refractivity contribution is 0.0953. The van der Waals surface area contributed by atoms with Crippen LogP contribution >= 0.6 is 23.5 Å². The van der Waals surface area contributed by atoms with Crippen molar-refractivity contribution in [1.29, 1.82) is 0 Å². The predicted octanol–water partition coefficient (Wildman–Crippen LogP) is 19.2. The van der Waals surface area contributed by atoms with Crippen LogP contribution in [0.3, 0.4) is 0 Å². The number of thioether (sulfide) groups is 2. The summed E-state index contributed by atoms with van der Waals surface area (Å²) in [7, 11) is 3.37. The maximum atomic E-state index is 7.30. The van der Waals surface area contributed by atoms with Crippen molar-refractivity contribution in [3.8, 4) is 89.0 Å². The standard InChI is InChI=1S/C82H78N8O4S2/c1-5-51-11-7-15-55(39-51)59-19-23-67(83)63(43-59)79-71-27-28-72(87-71)80(64-44-60(20-24-68(64)84)56-16-8-12-52(6-2)40-56)74-30-32-76(89-74)82(66-46-62(22-26-70(66)86)58-18-10-14-54(42-58)48-96-50-94-38-36-92-4)78-34-33-77(90-78)81(75-31-29-73(79)88-75)65-45-61(21-25-69(65)85)57-17-9-13-53(41-57)47-95-49-93-37-35-91-3/h7-34,39-46,87,90H,5-6,35-38,47-50,83-86H2,1-4H3. The van der Waals surface area contributed by atoms with Gasteiger partial charge in [0.1, 0.15) is 0 Å². The zero-order valence-electron chi connectivity index (χ0n) is 54.5. The van der Waals surface area contributed by atoms with Crippen LogP contribution < -0.4 is 22.9 Å². The number of ether oxygens (including phenoxy) is 4. The highest BCUT2D eigenvalue weighted by Crippen LogP contribution is 2.45. The van der Waals surface area contributed by atoms with Gasteiger partial charge in [-0.1, -0.05) is 135 Å². The Morgan fingerprint density at radius 1 is 0.333 bits per heavy atom. The Morgan fingerprint density at radius 2 is 0.615 bits per heavy atom. The second-order valence-electron chi connectivity index (χ2n) is 24.0. The number of hydrogen-bond acceptors (Lipinski definition) is 12. The molecule has 12 nitrogen and oxygen atoms in total. The third-order valence-corrected chi connectivity index (χ3v) is 19.4. The summed E-state index contributed by atoms with van der Waals surface area (Å²) in [6.07, 6.45) is 10.2. The Kier molecular flexibility index (Phi) is 20.1. The Bertz CT molecular complexity index is 4630. The SMILES string of the molecule is CCc1cccc(-c2ccc(N)c(-c3c4nc(c(-c5cc(-c6cccc(CSCOCCOC)c6)ccc5N)c5ccc([nH]5)c(-c5cc(-c6cccc(CSCOCCOC)c6)ccc5N)c5nc(c(-c6cc(-c7cccc(CC)c7)ccc6N)c6ccc3[nH]6)C=C5)C=C4)c2)c1. The molecule has 8 aromatic carbocycles. The van der Waals surface area contributed by atoms with E-state index in [2.05, 4.69) is 218 Å². The van der Waals surface area contributed by atoms with Crippen LogP contribution in [-0.4, -0.2) is 72.5 Å². The lowest BCUT2D eigenvalue weighted by Gasteiger charge is -2.13. The van der Waals surface area contributed by atoms with Gasteiger partial charge in [-0.25, -0.2) is 9.97 Å². The summed E-state index contributed by atoms with van der Waals surface area (Å²) >= 11 is 3.45. The predicted molar refractivity (Wildman–Crippen MR) is 407 cm³/mol. The monoisotopic (exact) mass is 1300 g/mol. The van der Waals surface area contributed by atoms with Crippen molar-refractivity contribution in [2.24, 2.45) is 0 Å². The quantitative estimate of drug-likeness (QED) is 0.0190.